The molecule has 4 fully saturated rings. The van der Waals surface area contributed by atoms with Gasteiger partial charge in [0.25, 0.3) is 0 Å². The van der Waals surface area contributed by atoms with E-state index in [0.717, 1.165) is 25.7 Å². The Balaban J connectivity index is 1.76. The van der Waals surface area contributed by atoms with Gasteiger partial charge in [-0.1, -0.05) is 20.8 Å². The summed E-state index contributed by atoms with van der Waals surface area (Å²) >= 11 is 0. The first-order valence-corrected chi connectivity index (χ1v) is 10.3. The van der Waals surface area contributed by atoms with Crippen molar-refractivity contribution < 1.29 is 19.5 Å². The van der Waals surface area contributed by atoms with Crippen LogP contribution in [0.3, 0.4) is 0 Å². The molecule has 0 spiro atoms. The van der Waals surface area contributed by atoms with E-state index in [4.69, 9.17) is 0 Å². The second kappa shape index (κ2) is 5.27. The monoisotopic (exact) mass is 360 g/mol. The average Bonchev–Trinajstić information content (AvgIpc) is 2.81. The summed E-state index contributed by atoms with van der Waals surface area (Å²) in [7, 11) is 0. The van der Waals surface area contributed by atoms with Crippen LogP contribution >= 0.6 is 0 Å². The summed E-state index contributed by atoms with van der Waals surface area (Å²) in [4.78, 5) is 37.9. The van der Waals surface area contributed by atoms with Crippen molar-refractivity contribution in [1.82, 2.24) is 0 Å². The zero-order valence-electron chi connectivity index (χ0n) is 16.6. The molecule has 0 saturated heterocycles. The predicted octanol–water partition coefficient (Wildman–Crippen LogP) is 3.49. The van der Waals surface area contributed by atoms with E-state index in [-0.39, 0.29) is 40.2 Å². The molecule has 0 radical (unpaired) electrons. The molecule has 26 heavy (non-hydrogen) atoms. The molecule has 0 bridgehead atoms. The smallest absolute Gasteiger partial charge is 0.161 e. The first kappa shape index (κ1) is 18.3. The van der Waals surface area contributed by atoms with Crippen LogP contribution in [-0.4, -0.2) is 28.1 Å². The third-order valence-electron chi connectivity index (χ3n) is 9.60. The molecule has 0 aromatic rings. The maximum atomic E-state index is 13.5. The van der Waals surface area contributed by atoms with E-state index in [0.29, 0.717) is 31.5 Å². The molecule has 5 unspecified atom stereocenters. The van der Waals surface area contributed by atoms with Gasteiger partial charge in [-0.3, -0.25) is 14.4 Å². The first-order valence-electron chi connectivity index (χ1n) is 10.3. The normalized spacial score (nSPS) is 53.7. The number of Topliss-reactive ketones (excluding diaryl/α,β-unsaturated/α-hetero) is 3. The second-order valence-corrected chi connectivity index (χ2v) is 10.5. The van der Waals surface area contributed by atoms with Crippen LogP contribution in [0.15, 0.2) is 0 Å². The van der Waals surface area contributed by atoms with Crippen molar-refractivity contribution in [3.05, 3.63) is 0 Å². The lowest BCUT2D eigenvalue weighted by atomic mass is 9.40. The van der Waals surface area contributed by atoms with Crippen molar-refractivity contribution in [3.63, 3.8) is 0 Å². The van der Waals surface area contributed by atoms with Gasteiger partial charge in [-0.15, -0.1) is 0 Å². The van der Waals surface area contributed by atoms with Crippen molar-refractivity contribution in [2.45, 2.75) is 84.7 Å². The molecule has 0 aromatic carbocycles. The molecule has 4 saturated carbocycles. The highest BCUT2D eigenvalue weighted by Crippen LogP contribution is 2.70. The Labute approximate surface area is 156 Å². The van der Waals surface area contributed by atoms with E-state index in [2.05, 4.69) is 13.8 Å². The largest absolute Gasteiger partial charge is 0.381 e. The number of hydrogen-bond acceptors (Lipinski definition) is 4. The molecule has 4 aliphatic carbocycles. The van der Waals surface area contributed by atoms with Crippen LogP contribution in [0.1, 0.15) is 79.1 Å². The number of fused-ring (bicyclic) bond motifs is 5. The Morgan fingerprint density at radius 3 is 2.35 bits per heavy atom. The molecule has 4 heteroatoms. The number of rotatable bonds is 1. The summed E-state index contributed by atoms with van der Waals surface area (Å²) in [6.07, 6.45) is 5.49. The summed E-state index contributed by atoms with van der Waals surface area (Å²) in [6.45, 7) is 7.89. The van der Waals surface area contributed by atoms with Gasteiger partial charge < -0.3 is 5.11 Å². The van der Waals surface area contributed by atoms with Crippen molar-refractivity contribution in [2.24, 2.45) is 34.0 Å². The third-order valence-corrected chi connectivity index (χ3v) is 9.60. The highest BCUT2D eigenvalue weighted by molar-refractivity contribution is 5.91. The fourth-order valence-corrected chi connectivity index (χ4v) is 7.77. The van der Waals surface area contributed by atoms with Gasteiger partial charge in [0.15, 0.2) is 5.78 Å². The maximum absolute atomic E-state index is 13.5. The standard InChI is InChI=1S/C22H32O4/c1-13(23)22(26)10-7-16-15-6-8-19(2)11-14(24)5-9-20(19,3)18(15)17(25)12-21(16,22)4/h15-16,18,26H,5-12H2,1-4H3/t15?,16?,18?,19-,20?,21?,22-/m0/s1. The molecule has 144 valence electrons. The van der Waals surface area contributed by atoms with Crippen molar-refractivity contribution in [2.75, 3.05) is 0 Å². The second-order valence-electron chi connectivity index (χ2n) is 10.5. The molecular formula is C22H32O4. The van der Waals surface area contributed by atoms with Crippen molar-refractivity contribution in [3.8, 4) is 0 Å². The highest BCUT2D eigenvalue weighted by Gasteiger charge is 2.70. The zero-order chi connectivity index (χ0) is 19.1. The van der Waals surface area contributed by atoms with Crippen molar-refractivity contribution in [1.29, 1.82) is 0 Å². The van der Waals surface area contributed by atoms with Crippen molar-refractivity contribution >= 4 is 17.3 Å². The van der Waals surface area contributed by atoms with Gasteiger partial charge >= 0.3 is 0 Å². The number of carbonyl (C=O) groups is 3. The summed E-state index contributed by atoms with van der Waals surface area (Å²) in [5, 5.41) is 11.2. The lowest BCUT2D eigenvalue weighted by Gasteiger charge is -2.63. The van der Waals surface area contributed by atoms with Gasteiger partial charge in [0.05, 0.1) is 0 Å². The molecule has 4 aliphatic rings. The van der Waals surface area contributed by atoms with E-state index in [1.807, 2.05) is 6.92 Å². The fraction of sp³-hybridized carbons (Fsp3) is 0.864. The van der Waals surface area contributed by atoms with Crippen LogP contribution in [0.25, 0.3) is 0 Å². The molecule has 0 aliphatic heterocycles. The van der Waals surface area contributed by atoms with Gasteiger partial charge in [-0.05, 0) is 61.7 Å². The lowest BCUT2D eigenvalue weighted by molar-refractivity contribution is -0.187. The summed E-state index contributed by atoms with van der Waals surface area (Å²) in [5.41, 5.74) is -2.23. The molecule has 4 nitrogen and oxygen atoms in total. The maximum Gasteiger partial charge on any atom is 0.161 e. The quantitative estimate of drug-likeness (QED) is 0.777. The van der Waals surface area contributed by atoms with Gasteiger partial charge in [0.2, 0.25) is 0 Å². The first-order chi connectivity index (χ1) is 12.0. The van der Waals surface area contributed by atoms with Gasteiger partial charge in [-0.2, -0.15) is 0 Å². The number of carbonyl (C=O) groups excluding carboxylic acids is 3. The van der Waals surface area contributed by atoms with Gasteiger partial charge in [0, 0.05) is 30.6 Å². The van der Waals surface area contributed by atoms with Crippen LogP contribution < -0.4 is 0 Å². The fourth-order valence-electron chi connectivity index (χ4n) is 7.77. The van der Waals surface area contributed by atoms with E-state index >= 15 is 0 Å². The van der Waals surface area contributed by atoms with Crippen LogP contribution in [0.4, 0.5) is 0 Å². The van der Waals surface area contributed by atoms with E-state index in [1.54, 1.807) is 0 Å². The SMILES string of the molecule is CC(=O)[C@@]1(O)CCC2C3CC[C@@]4(C)CC(=O)CCC4(C)C3C(=O)CC21C. The minimum absolute atomic E-state index is 0.0262. The van der Waals surface area contributed by atoms with E-state index < -0.39 is 11.0 Å². The van der Waals surface area contributed by atoms with E-state index in [9.17, 15) is 19.5 Å². The zero-order valence-corrected chi connectivity index (χ0v) is 16.6. The summed E-state index contributed by atoms with van der Waals surface area (Å²) < 4.78 is 0. The number of hydrogen-bond donors (Lipinski definition) is 1. The summed E-state index contributed by atoms with van der Waals surface area (Å²) in [6, 6.07) is 0. The third kappa shape index (κ3) is 1.97. The Hall–Kier alpha value is -1.03. The summed E-state index contributed by atoms with van der Waals surface area (Å²) in [5.74, 6) is 0.797. The Morgan fingerprint density at radius 1 is 1.00 bits per heavy atom. The molecule has 4 rings (SSSR count). The van der Waals surface area contributed by atoms with E-state index in [1.165, 1.54) is 6.92 Å². The predicted molar refractivity (Wildman–Crippen MR) is 97.4 cm³/mol. The van der Waals surface area contributed by atoms with Crippen LogP contribution in [0.5, 0.6) is 0 Å². The van der Waals surface area contributed by atoms with Crippen LogP contribution in [0.2, 0.25) is 0 Å². The highest BCUT2D eigenvalue weighted by atomic mass is 16.3. The average molecular weight is 360 g/mol. The Morgan fingerprint density at radius 2 is 1.69 bits per heavy atom. The molecule has 0 heterocycles. The number of ketones is 3. The minimum Gasteiger partial charge on any atom is -0.381 e. The molecular weight excluding hydrogens is 328 g/mol. The molecule has 1 N–H and O–H groups in total. The number of aliphatic hydroxyl groups is 1. The topological polar surface area (TPSA) is 71.4 Å². The van der Waals surface area contributed by atoms with Crippen LogP contribution in [-0.2, 0) is 14.4 Å². The molecule has 0 aromatic heterocycles. The Kier molecular flexibility index (Phi) is 3.72. The van der Waals surface area contributed by atoms with Crippen LogP contribution in [0, 0.1) is 34.0 Å². The van der Waals surface area contributed by atoms with Gasteiger partial charge in [0.1, 0.15) is 17.2 Å². The minimum atomic E-state index is -1.36. The van der Waals surface area contributed by atoms with Gasteiger partial charge in [-0.25, -0.2) is 0 Å². The molecule has 0 amide bonds. The lowest BCUT2D eigenvalue weighted by Crippen LogP contribution is -2.63. The molecule has 7 atom stereocenters. The Bertz CT molecular complexity index is 698.